The van der Waals surface area contributed by atoms with Crippen molar-refractivity contribution in [2.45, 2.75) is 32.7 Å². The Bertz CT molecular complexity index is 589. The van der Waals surface area contributed by atoms with Crippen LogP contribution in [0.4, 0.5) is 0 Å². The smallest absolute Gasteiger partial charge is 0.119 e. The van der Waals surface area contributed by atoms with E-state index in [0.717, 1.165) is 24.3 Å². The molecule has 1 heterocycles. The summed E-state index contributed by atoms with van der Waals surface area (Å²) in [5.41, 5.74) is 11.0. The van der Waals surface area contributed by atoms with Crippen molar-refractivity contribution in [3.8, 4) is 5.75 Å². The molecule has 1 aromatic heterocycles. The number of hydrogen-bond donors (Lipinski definition) is 1. The zero-order valence-electron chi connectivity index (χ0n) is 12.7. The number of nitrogens with two attached hydrogens (primary N) is 1. The van der Waals surface area contributed by atoms with E-state index < -0.39 is 0 Å². The molecule has 1 aromatic carbocycles. The fraction of sp³-hybridized carbons (Fsp3) is 0.438. The third-order valence-electron chi connectivity index (χ3n) is 3.76. The van der Waals surface area contributed by atoms with Gasteiger partial charge in [0, 0.05) is 18.8 Å². The Labute approximate surface area is 120 Å². The van der Waals surface area contributed by atoms with Gasteiger partial charge >= 0.3 is 0 Å². The summed E-state index contributed by atoms with van der Waals surface area (Å²) in [5, 5.41) is 4.44. The Kier molecular flexibility index (Phi) is 4.45. The van der Waals surface area contributed by atoms with E-state index in [2.05, 4.69) is 18.1 Å². The summed E-state index contributed by atoms with van der Waals surface area (Å²) in [7, 11) is 3.65. The average molecular weight is 273 g/mol. The van der Waals surface area contributed by atoms with E-state index in [1.165, 1.54) is 16.8 Å². The van der Waals surface area contributed by atoms with E-state index >= 15 is 0 Å². The monoisotopic (exact) mass is 273 g/mol. The Balaban J connectivity index is 2.06. The topological polar surface area (TPSA) is 53.1 Å². The van der Waals surface area contributed by atoms with E-state index in [0.29, 0.717) is 0 Å². The Morgan fingerprint density at radius 3 is 2.65 bits per heavy atom. The van der Waals surface area contributed by atoms with Gasteiger partial charge in [0.2, 0.25) is 0 Å². The molecule has 0 saturated heterocycles. The molecule has 0 fully saturated rings. The molecule has 1 unspecified atom stereocenters. The van der Waals surface area contributed by atoms with E-state index in [9.17, 15) is 0 Å². The molecule has 0 spiro atoms. The first-order valence-corrected chi connectivity index (χ1v) is 6.89. The van der Waals surface area contributed by atoms with Gasteiger partial charge in [-0.2, -0.15) is 5.10 Å². The molecule has 20 heavy (non-hydrogen) atoms. The van der Waals surface area contributed by atoms with Crippen LogP contribution in [0.3, 0.4) is 0 Å². The van der Waals surface area contributed by atoms with Crippen molar-refractivity contribution in [2.75, 3.05) is 7.11 Å². The highest BCUT2D eigenvalue weighted by molar-refractivity contribution is 5.30. The predicted octanol–water partition coefficient (Wildman–Crippen LogP) is 2.16. The van der Waals surface area contributed by atoms with Crippen molar-refractivity contribution in [3.63, 3.8) is 0 Å². The van der Waals surface area contributed by atoms with Crippen LogP contribution in [0.5, 0.6) is 5.75 Å². The van der Waals surface area contributed by atoms with Gasteiger partial charge in [0.15, 0.2) is 0 Å². The summed E-state index contributed by atoms with van der Waals surface area (Å²) in [6.07, 6.45) is 1.69. The second kappa shape index (κ2) is 6.09. The second-order valence-electron chi connectivity index (χ2n) is 5.29. The molecule has 108 valence electrons. The van der Waals surface area contributed by atoms with E-state index in [1.54, 1.807) is 7.11 Å². The van der Waals surface area contributed by atoms with Gasteiger partial charge in [-0.3, -0.25) is 4.68 Å². The van der Waals surface area contributed by atoms with E-state index in [1.807, 2.05) is 36.9 Å². The summed E-state index contributed by atoms with van der Waals surface area (Å²) < 4.78 is 7.16. The molecule has 2 N–H and O–H groups in total. The number of rotatable bonds is 5. The lowest BCUT2D eigenvalue weighted by atomic mass is 9.98. The summed E-state index contributed by atoms with van der Waals surface area (Å²) in [6, 6.07) is 8.17. The van der Waals surface area contributed by atoms with E-state index in [-0.39, 0.29) is 6.04 Å². The van der Waals surface area contributed by atoms with Crippen molar-refractivity contribution in [1.82, 2.24) is 9.78 Å². The van der Waals surface area contributed by atoms with Gasteiger partial charge in [0.05, 0.1) is 12.8 Å². The molecule has 0 aliphatic carbocycles. The van der Waals surface area contributed by atoms with Crippen LogP contribution in [0.15, 0.2) is 24.3 Å². The number of hydrogen-bond acceptors (Lipinski definition) is 3. The summed E-state index contributed by atoms with van der Waals surface area (Å²) in [6.45, 7) is 4.13. The molecular formula is C16H23N3O. The highest BCUT2D eigenvalue weighted by atomic mass is 16.5. The number of ether oxygens (including phenoxy) is 1. The van der Waals surface area contributed by atoms with Crippen LogP contribution in [-0.4, -0.2) is 22.9 Å². The molecular weight excluding hydrogens is 250 g/mol. The van der Waals surface area contributed by atoms with Crippen molar-refractivity contribution < 1.29 is 4.74 Å². The lowest BCUT2D eigenvalue weighted by molar-refractivity contribution is 0.414. The van der Waals surface area contributed by atoms with Gasteiger partial charge in [-0.15, -0.1) is 0 Å². The average Bonchev–Trinajstić information content (AvgIpc) is 2.65. The third-order valence-corrected chi connectivity index (χ3v) is 3.76. The van der Waals surface area contributed by atoms with Crippen LogP contribution in [0.1, 0.15) is 22.5 Å². The first kappa shape index (κ1) is 14.6. The standard InChI is InChI=1S/C16H23N3O/c1-11-16(12(2)19(3)18-11)10-14(17)8-13-6-5-7-15(9-13)20-4/h5-7,9,14H,8,10,17H2,1-4H3. The first-order chi connectivity index (χ1) is 9.51. The third kappa shape index (κ3) is 3.20. The number of nitrogens with zero attached hydrogens (tertiary/aromatic N) is 2. The van der Waals surface area contributed by atoms with Crippen LogP contribution in [0, 0.1) is 13.8 Å². The molecule has 0 aliphatic heterocycles. The van der Waals surface area contributed by atoms with Crippen molar-refractivity contribution in [3.05, 3.63) is 46.8 Å². The minimum atomic E-state index is 0.0868. The molecule has 1 atom stereocenters. The predicted molar refractivity (Wildman–Crippen MR) is 81.1 cm³/mol. The summed E-state index contributed by atoms with van der Waals surface area (Å²) in [4.78, 5) is 0. The van der Waals surface area contributed by atoms with Gasteiger partial charge in [-0.05, 0) is 49.9 Å². The number of aryl methyl sites for hydroxylation is 2. The molecule has 2 rings (SSSR count). The van der Waals surface area contributed by atoms with Crippen LogP contribution < -0.4 is 10.5 Å². The maximum atomic E-state index is 6.30. The largest absolute Gasteiger partial charge is 0.497 e. The fourth-order valence-corrected chi connectivity index (χ4v) is 2.55. The molecule has 2 aromatic rings. The summed E-state index contributed by atoms with van der Waals surface area (Å²) in [5.74, 6) is 0.878. The van der Waals surface area contributed by atoms with Crippen molar-refractivity contribution in [1.29, 1.82) is 0 Å². The maximum absolute atomic E-state index is 6.30. The minimum absolute atomic E-state index is 0.0868. The maximum Gasteiger partial charge on any atom is 0.119 e. The Morgan fingerprint density at radius 2 is 2.05 bits per heavy atom. The lowest BCUT2D eigenvalue weighted by Gasteiger charge is -2.13. The number of methoxy groups -OCH3 is 1. The van der Waals surface area contributed by atoms with Gasteiger partial charge in [0.25, 0.3) is 0 Å². The quantitative estimate of drug-likeness (QED) is 0.908. The Hall–Kier alpha value is -1.81. The first-order valence-electron chi connectivity index (χ1n) is 6.89. The normalized spacial score (nSPS) is 12.4. The zero-order valence-corrected chi connectivity index (χ0v) is 12.7. The van der Waals surface area contributed by atoms with Gasteiger partial charge in [-0.25, -0.2) is 0 Å². The molecule has 0 bridgehead atoms. The molecule has 4 heteroatoms. The molecule has 4 nitrogen and oxygen atoms in total. The SMILES string of the molecule is COc1cccc(CC(N)Cc2c(C)nn(C)c2C)c1. The highest BCUT2D eigenvalue weighted by Gasteiger charge is 2.13. The highest BCUT2D eigenvalue weighted by Crippen LogP contribution is 2.17. The zero-order chi connectivity index (χ0) is 14.7. The summed E-state index contributed by atoms with van der Waals surface area (Å²) >= 11 is 0. The van der Waals surface area contributed by atoms with Crippen LogP contribution >= 0.6 is 0 Å². The molecule has 0 saturated carbocycles. The molecule has 0 aliphatic rings. The van der Waals surface area contributed by atoms with Gasteiger partial charge in [0.1, 0.15) is 5.75 Å². The van der Waals surface area contributed by atoms with Gasteiger partial charge in [-0.1, -0.05) is 12.1 Å². The minimum Gasteiger partial charge on any atom is -0.497 e. The van der Waals surface area contributed by atoms with Gasteiger partial charge < -0.3 is 10.5 Å². The second-order valence-corrected chi connectivity index (χ2v) is 5.29. The fourth-order valence-electron chi connectivity index (χ4n) is 2.55. The van der Waals surface area contributed by atoms with Crippen LogP contribution in [-0.2, 0) is 19.9 Å². The van der Waals surface area contributed by atoms with Crippen LogP contribution in [0.2, 0.25) is 0 Å². The Morgan fingerprint density at radius 1 is 1.30 bits per heavy atom. The van der Waals surface area contributed by atoms with E-state index in [4.69, 9.17) is 10.5 Å². The number of benzene rings is 1. The lowest BCUT2D eigenvalue weighted by Crippen LogP contribution is -2.26. The van der Waals surface area contributed by atoms with Crippen molar-refractivity contribution >= 4 is 0 Å². The van der Waals surface area contributed by atoms with Crippen molar-refractivity contribution in [2.24, 2.45) is 12.8 Å². The molecule has 0 radical (unpaired) electrons. The number of aromatic nitrogens is 2. The van der Waals surface area contributed by atoms with Crippen LogP contribution in [0.25, 0.3) is 0 Å². The molecule has 0 amide bonds.